The summed E-state index contributed by atoms with van der Waals surface area (Å²) in [4.78, 5) is 12.5. The lowest BCUT2D eigenvalue weighted by Gasteiger charge is -2.09. The quantitative estimate of drug-likeness (QED) is 0.476. The van der Waals surface area contributed by atoms with Gasteiger partial charge in [0.15, 0.2) is 5.82 Å². The number of amides is 1. The molecule has 0 bridgehead atoms. The van der Waals surface area contributed by atoms with E-state index < -0.39 is 0 Å². The molecule has 3 aromatic carbocycles. The van der Waals surface area contributed by atoms with E-state index in [1.807, 2.05) is 79.7 Å². The molecule has 1 heterocycles. The summed E-state index contributed by atoms with van der Waals surface area (Å²) in [6.45, 7) is 2.53. The minimum atomic E-state index is -0.120. The minimum absolute atomic E-state index is 0.120. The van der Waals surface area contributed by atoms with Gasteiger partial charge in [0, 0.05) is 23.4 Å². The lowest BCUT2D eigenvalue weighted by atomic mass is 10.1. The van der Waals surface area contributed by atoms with Crippen molar-refractivity contribution in [2.45, 2.75) is 13.5 Å². The molecule has 0 unspecified atom stereocenters. The van der Waals surface area contributed by atoms with Gasteiger partial charge in [0.1, 0.15) is 0 Å². The second-order valence-electron chi connectivity index (χ2n) is 7.05. The Kier molecular flexibility index (Phi) is 5.80. The number of nitrogens with one attached hydrogen (secondary N) is 2. The molecule has 5 nitrogen and oxygen atoms in total. The summed E-state index contributed by atoms with van der Waals surface area (Å²) in [7, 11) is 0. The minimum Gasteiger partial charge on any atom is -0.348 e. The van der Waals surface area contributed by atoms with Crippen molar-refractivity contribution >= 4 is 17.4 Å². The summed E-state index contributed by atoms with van der Waals surface area (Å²) in [5.74, 6) is 0.498. The third kappa shape index (κ3) is 4.89. The molecular weight excluding hydrogens is 372 g/mol. The van der Waals surface area contributed by atoms with Crippen LogP contribution >= 0.6 is 0 Å². The van der Waals surface area contributed by atoms with Crippen LogP contribution in [0.25, 0.3) is 11.3 Å². The topological polar surface area (TPSA) is 66.9 Å². The highest BCUT2D eigenvalue weighted by atomic mass is 16.1. The molecule has 1 amide bonds. The van der Waals surface area contributed by atoms with Crippen molar-refractivity contribution in [3.8, 4) is 11.3 Å². The van der Waals surface area contributed by atoms with Gasteiger partial charge in [-0.15, -0.1) is 10.2 Å². The molecule has 0 saturated carbocycles. The van der Waals surface area contributed by atoms with E-state index in [9.17, 15) is 4.79 Å². The Hall–Kier alpha value is -3.99. The molecule has 0 spiro atoms. The van der Waals surface area contributed by atoms with Gasteiger partial charge in [0.2, 0.25) is 0 Å². The SMILES string of the molecule is Cc1cccc(CNC(=O)c2cccc(Nc3ccc(-c4ccccc4)nn3)c2)c1. The number of hydrogen-bond acceptors (Lipinski definition) is 4. The first-order chi connectivity index (χ1) is 14.7. The predicted molar refractivity (Wildman–Crippen MR) is 120 cm³/mol. The van der Waals surface area contributed by atoms with Crippen LogP contribution < -0.4 is 10.6 Å². The van der Waals surface area contributed by atoms with Crippen molar-refractivity contribution in [2.75, 3.05) is 5.32 Å². The summed E-state index contributed by atoms with van der Waals surface area (Å²) in [6.07, 6.45) is 0. The van der Waals surface area contributed by atoms with E-state index in [-0.39, 0.29) is 5.91 Å². The maximum Gasteiger partial charge on any atom is 0.251 e. The van der Waals surface area contributed by atoms with Crippen molar-refractivity contribution in [2.24, 2.45) is 0 Å². The number of aromatic nitrogens is 2. The molecule has 2 N–H and O–H groups in total. The zero-order valence-electron chi connectivity index (χ0n) is 16.7. The predicted octanol–water partition coefficient (Wildman–Crippen LogP) is 5.13. The molecule has 30 heavy (non-hydrogen) atoms. The van der Waals surface area contributed by atoms with Gasteiger partial charge in [0.25, 0.3) is 5.91 Å². The van der Waals surface area contributed by atoms with E-state index in [2.05, 4.69) is 26.9 Å². The van der Waals surface area contributed by atoms with Gasteiger partial charge >= 0.3 is 0 Å². The van der Waals surface area contributed by atoms with Crippen molar-refractivity contribution < 1.29 is 4.79 Å². The van der Waals surface area contributed by atoms with Crippen LogP contribution in [0.2, 0.25) is 0 Å². The third-order valence-electron chi connectivity index (χ3n) is 4.67. The number of aryl methyl sites for hydroxylation is 1. The molecule has 4 rings (SSSR count). The second-order valence-corrected chi connectivity index (χ2v) is 7.05. The number of anilines is 2. The van der Waals surface area contributed by atoms with Crippen LogP contribution in [0.15, 0.2) is 91.0 Å². The number of rotatable bonds is 6. The monoisotopic (exact) mass is 394 g/mol. The van der Waals surface area contributed by atoms with E-state index in [1.165, 1.54) is 5.56 Å². The maximum atomic E-state index is 12.5. The Morgan fingerprint density at radius 2 is 1.67 bits per heavy atom. The molecule has 0 aliphatic rings. The van der Waals surface area contributed by atoms with Crippen LogP contribution in [-0.2, 0) is 6.54 Å². The maximum absolute atomic E-state index is 12.5. The summed E-state index contributed by atoms with van der Waals surface area (Å²) < 4.78 is 0. The van der Waals surface area contributed by atoms with Crippen molar-refractivity contribution in [1.29, 1.82) is 0 Å². The van der Waals surface area contributed by atoms with Crippen molar-refractivity contribution in [1.82, 2.24) is 15.5 Å². The number of carbonyl (C=O) groups is 1. The Morgan fingerprint density at radius 1 is 0.833 bits per heavy atom. The fraction of sp³-hybridized carbons (Fsp3) is 0.0800. The van der Waals surface area contributed by atoms with Crippen LogP contribution in [0.3, 0.4) is 0 Å². The van der Waals surface area contributed by atoms with Gasteiger partial charge in [-0.25, -0.2) is 0 Å². The summed E-state index contributed by atoms with van der Waals surface area (Å²) in [5.41, 5.74) is 5.44. The first kappa shape index (κ1) is 19.3. The Labute approximate surface area is 175 Å². The Bertz CT molecular complexity index is 1140. The van der Waals surface area contributed by atoms with Crippen LogP contribution in [0.5, 0.6) is 0 Å². The largest absolute Gasteiger partial charge is 0.348 e. The fourth-order valence-corrected chi connectivity index (χ4v) is 3.15. The Balaban J connectivity index is 1.41. The van der Waals surface area contributed by atoms with Crippen LogP contribution in [-0.4, -0.2) is 16.1 Å². The van der Waals surface area contributed by atoms with Gasteiger partial charge in [-0.3, -0.25) is 4.79 Å². The van der Waals surface area contributed by atoms with E-state index >= 15 is 0 Å². The normalized spacial score (nSPS) is 10.4. The molecule has 0 radical (unpaired) electrons. The summed E-state index contributed by atoms with van der Waals surface area (Å²) >= 11 is 0. The van der Waals surface area contributed by atoms with E-state index in [4.69, 9.17) is 0 Å². The van der Waals surface area contributed by atoms with Gasteiger partial charge in [-0.05, 0) is 42.8 Å². The second kappa shape index (κ2) is 9.01. The van der Waals surface area contributed by atoms with Crippen molar-refractivity contribution in [3.05, 3.63) is 108 Å². The summed E-state index contributed by atoms with van der Waals surface area (Å²) in [6, 6.07) is 29.1. The average Bonchev–Trinajstić information content (AvgIpc) is 2.79. The smallest absolute Gasteiger partial charge is 0.251 e. The van der Waals surface area contributed by atoms with Crippen LogP contribution in [0.1, 0.15) is 21.5 Å². The highest BCUT2D eigenvalue weighted by Crippen LogP contribution is 2.19. The summed E-state index contributed by atoms with van der Waals surface area (Å²) in [5, 5.41) is 14.7. The van der Waals surface area contributed by atoms with E-state index in [0.717, 1.165) is 22.5 Å². The fourth-order valence-electron chi connectivity index (χ4n) is 3.15. The van der Waals surface area contributed by atoms with Gasteiger partial charge in [-0.2, -0.15) is 0 Å². The average molecular weight is 394 g/mol. The van der Waals surface area contributed by atoms with E-state index in [0.29, 0.717) is 17.9 Å². The molecule has 0 fully saturated rings. The lowest BCUT2D eigenvalue weighted by molar-refractivity contribution is 0.0951. The van der Waals surface area contributed by atoms with Crippen molar-refractivity contribution in [3.63, 3.8) is 0 Å². The standard InChI is InChI=1S/C25H22N4O/c1-18-7-5-8-19(15-18)17-26-25(30)21-11-6-12-22(16-21)27-24-14-13-23(28-29-24)20-9-3-2-4-10-20/h2-16H,17H2,1H3,(H,26,30)(H,27,29). The first-order valence-corrected chi connectivity index (χ1v) is 9.77. The van der Waals surface area contributed by atoms with Gasteiger partial charge in [0.05, 0.1) is 5.69 Å². The zero-order valence-corrected chi connectivity index (χ0v) is 16.7. The number of benzene rings is 3. The molecule has 0 aliphatic carbocycles. The van der Waals surface area contributed by atoms with E-state index in [1.54, 1.807) is 12.1 Å². The number of nitrogens with zero attached hydrogens (tertiary/aromatic N) is 2. The number of carbonyl (C=O) groups excluding carboxylic acids is 1. The molecule has 0 atom stereocenters. The van der Waals surface area contributed by atoms with Crippen LogP contribution in [0, 0.1) is 6.92 Å². The molecule has 4 aromatic rings. The van der Waals surface area contributed by atoms with Gasteiger partial charge < -0.3 is 10.6 Å². The molecule has 148 valence electrons. The lowest BCUT2D eigenvalue weighted by Crippen LogP contribution is -2.22. The Morgan fingerprint density at radius 3 is 2.43 bits per heavy atom. The van der Waals surface area contributed by atoms with Crippen LogP contribution in [0.4, 0.5) is 11.5 Å². The highest BCUT2D eigenvalue weighted by Gasteiger charge is 2.07. The zero-order chi connectivity index (χ0) is 20.8. The molecule has 0 aliphatic heterocycles. The highest BCUT2D eigenvalue weighted by molar-refractivity contribution is 5.95. The molecular formula is C25H22N4O. The first-order valence-electron chi connectivity index (χ1n) is 9.77. The molecule has 5 heteroatoms. The molecule has 1 aromatic heterocycles. The van der Waals surface area contributed by atoms with Gasteiger partial charge in [-0.1, -0.05) is 66.2 Å². The number of hydrogen-bond donors (Lipinski definition) is 2. The molecule has 0 saturated heterocycles. The third-order valence-corrected chi connectivity index (χ3v) is 4.67.